The molecular formula is C39H28EuF3N2O2+. The van der Waals surface area contributed by atoms with Crippen LogP contribution in [0.5, 0.6) is 0 Å². The first-order chi connectivity index (χ1) is 22.2. The number of allylic oxidation sites excluding steroid dienone is 2. The summed E-state index contributed by atoms with van der Waals surface area (Å²) in [6, 6.07) is 41.4. The van der Waals surface area contributed by atoms with E-state index in [0.717, 1.165) is 32.6 Å². The van der Waals surface area contributed by atoms with Crippen LogP contribution < -0.4 is 4.57 Å². The van der Waals surface area contributed by atoms with Gasteiger partial charge in [-0.3, -0.25) is 9.78 Å². The molecule has 0 atom stereocenters. The molecule has 1 radical (unpaired) electrons. The largest absolute Gasteiger partial charge is 0.504 e. The van der Waals surface area contributed by atoms with Gasteiger partial charge in [-0.05, 0) is 62.7 Å². The molecule has 7 rings (SSSR count). The first kappa shape index (κ1) is 34.0. The molecule has 47 heavy (non-hydrogen) atoms. The van der Waals surface area contributed by atoms with Crippen LogP contribution in [0, 0.1) is 56.4 Å². The zero-order chi connectivity index (χ0) is 32.3. The molecule has 5 aromatic carbocycles. The fourth-order valence-electron chi connectivity index (χ4n) is 5.42. The number of hydrogen-bond donors (Lipinski definition) is 1. The molecule has 0 fully saturated rings. The van der Waals surface area contributed by atoms with Gasteiger partial charge in [0.15, 0.2) is 0 Å². The Balaban J connectivity index is 0.000000192. The normalized spacial score (nSPS) is 11.5. The summed E-state index contributed by atoms with van der Waals surface area (Å²) in [6.45, 7) is 0. The number of rotatable bonds is 4. The van der Waals surface area contributed by atoms with Crippen molar-refractivity contribution in [2.75, 3.05) is 0 Å². The van der Waals surface area contributed by atoms with E-state index in [4.69, 9.17) is 10.1 Å². The van der Waals surface area contributed by atoms with Crippen molar-refractivity contribution in [3.8, 4) is 22.3 Å². The number of nitrogens with zero attached hydrogens (tertiary/aromatic N) is 2. The van der Waals surface area contributed by atoms with Gasteiger partial charge in [-0.25, -0.2) is 0 Å². The number of fused-ring (bicyclic) bond motifs is 4. The SMILES string of the molecule is O/C(=C\C(=[OH+])c1ccc2ccccc2c1)C(F)(F)F.[CH2-][n+]1ccc(-c2ccccc2)c2ccc3c(-c4ccccc4)ccnc3c21.[Eu]. The van der Waals surface area contributed by atoms with Crippen molar-refractivity contribution < 1.29 is 77.0 Å². The Kier molecular flexibility index (Phi) is 10.6. The third-order valence-corrected chi connectivity index (χ3v) is 7.66. The van der Waals surface area contributed by atoms with Crippen molar-refractivity contribution in [1.82, 2.24) is 4.98 Å². The molecule has 0 aliphatic carbocycles. The van der Waals surface area contributed by atoms with Crippen LogP contribution in [0.1, 0.15) is 5.56 Å². The van der Waals surface area contributed by atoms with Crippen molar-refractivity contribution in [3.63, 3.8) is 0 Å². The number of aliphatic hydroxyl groups excluding tert-OH is 1. The number of carbonyl (C=O) groups excluding carboxylic acids is 1. The van der Waals surface area contributed by atoms with E-state index in [0.29, 0.717) is 6.08 Å². The van der Waals surface area contributed by atoms with Crippen molar-refractivity contribution in [2.24, 2.45) is 0 Å². The zero-order valence-corrected chi connectivity index (χ0v) is 27.3. The van der Waals surface area contributed by atoms with Crippen LogP contribution >= 0.6 is 0 Å². The van der Waals surface area contributed by atoms with Gasteiger partial charge in [0.1, 0.15) is 5.52 Å². The predicted molar refractivity (Wildman–Crippen MR) is 178 cm³/mol. The minimum Gasteiger partial charge on any atom is -0.504 e. The fourth-order valence-corrected chi connectivity index (χ4v) is 5.42. The van der Waals surface area contributed by atoms with Gasteiger partial charge in [-0.2, -0.15) is 13.2 Å². The molecule has 0 amide bonds. The van der Waals surface area contributed by atoms with E-state index in [2.05, 4.69) is 79.8 Å². The topological polar surface area (TPSA) is 58.4 Å². The third-order valence-electron chi connectivity index (χ3n) is 7.66. The number of hydrogen-bond acceptors (Lipinski definition) is 2. The van der Waals surface area contributed by atoms with Crippen LogP contribution in [0.2, 0.25) is 0 Å². The summed E-state index contributed by atoms with van der Waals surface area (Å²) in [5.41, 5.74) is 7.00. The Bertz CT molecular complexity index is 2240. The summed E-state index contributed by atoms with van der Waals surface area (Å²) < 4.78 is 38.3. The maximum absolute atomic E-state index is 12.1. The Morgan fingerprint density at radius 2 is 1.30 bits per heavy atom. The summed E-state index contributed by atoms with van der Waals surface area (Å²) in [6.07, 6.45) is -0.671. The van der Waals surface area contributed by atoms with E-state index < -0.39 is 17.7 Å². The quantitative estimate of drug-likeness (QED) is 0.0370. The fraction of sp³-hybridized carbons (Fsp3) is 0.0256. The minimum atomic E-state index is -4.87. The molecule has 7 aromatic rings. The molecule has 0 bridgehead atoms. The molecule has 0 aliphatic rings. The standard InChI is InChI=1S/C25H18N2.C14H9F3O2.Eu/c1-27-17-15-21(19-10-6-3-7-11-19)23-13-12-22-20(18-8-4-2-5-9-18)14-16-26-24(22)25(23)27;15-14(16,17)13(19)8-12(18)11-6-5-9-3-1-2-4-10(9)7-11;/h2-17H,1H2;1-8,19H;/p+1/b;13-8-;. The number of aliphatic hydroxyl groups is 1. The molecule has 0 spiro atoms. The summed E-state index contributed by atoms with van der Waals surface area (Å²) in [5, 5.41) is 12.8. The van der Waals surface area contributed by atoms with E-state index in [-0.39, 0.29) is 54.9 Å². The summed E-state index contributed by atoms with van der Waals surface area (Å²) in [7, 11) is 4.21. The van der Waals surface area contributed by atoms with Crippen molar-refractivity contribution >= 4 is 38.4 Å². The molecule has 4 nitrogen and oxygen atoms in total. The number of benzene rings is 5. The Labute approximate surface area is 310 Å². The maximum atomic E-state index is 12.1. The number of pyridine rings is 2. The second kappa shape index (κ2) is 14.6. The maximum Gasteiger partial charge on any atom is 0.449 e. The molecule has 2 N–H and O–H groups in total. The second-order valence-electron chi connectivity index (χ2n) is 10.6. The minimum absolute atomic E-state index is 0. The first-order valence-electron chi connectivity index (χ1n) is 14.4. The van der Waals surface area contributed by atoms with Gasteiger partial charge in [0.25, 0.3) is 0 Å². The Hall–Kier alpha value is -4.37. The summed E-state index contributed by atoms with van der Waals surface area (Å²) in [5.74, 6) is -2.47. The molecule has 0 aliphatic heterocycles. The van der Waals surface area contributed by atoms with Crippen LogP contribution in [-0.2, 0) is 0 Å². The van der Waals surface area contributed by atoms with Crippen LogP contribution in [-0.4, -0.2) is 26.8 Å². The van der Waals surface area contributed by atoms with Crippen molar-refractivity contribution in [3.05, 3.63) is 164 Å². The van der Waals surface area contributed by atoms with Gasteiger partial charge >= 0.3 is 12.0 Å². The number of alkyl halides is 3. The van der Waals surface area contributed by atoms with Crippen LogP contribution in [0.15, 0.2) is 152 Å². The van der Waals surface area contributed by atoms with Crippen LogP contribution in [0.25, 0.3) is 54.8 Å². The smallest absolute Gasteiger partial charge is 0.449 e. The summed E-state index contributed by atoms with van der Waals surface area (Å²) >= 11 is 0. The predicted octanol–water partition coefficient (Wildman–Crippen LogP) is 9.39. The van der Waals surface area contributed by atoms with Gasteiger partial charge < -0.3 is 9.67 Å². The van der Waals surface area contributed by atoms with Gasteiger partial charge in [0, 0.05) is 68.0 Å². The van der Waals surface area contributed by atoms with E-state index in [1.165, 1.54) is 28.3 Å². The monoisotopic (exact) mass is 766 g/mol. The van der Waals surface area contributed by atoms with E-state index in [1.807, 2.05) is 41.2 Å². The third kappa shape index (κ3) is 7.46. The van der Waals surface area contributed by atoms with Gasteiger partial charge in [0.2, 0.25) is 5.76 Å². The molecule has 0 saturated carbocycles. The van der Waals surface area contributed by atoms with Gasteiger partial charge in [-0.1, -0.05) is 103 Å². The molecule has 2 aromatic heterocycles. The second-order valence-corrected chi connectivity index (χ2v) is 10.6. The number of aromatic nitrogens is 2. The molecule has 0 unspecified atom stereocenters. The van der Waals surface area contributed by atoms with E-state index >= 15 is 0 Å². The number of halogens is 3. The Morgan fingerprint density at radius 3 is 1.94 bits per heavy atom. The molecule has 0 saturated heterocycles. The van der Waals surface area contributed by atoms with E-state index in [9.17, 15) is 18.0 Å². The Morgan fingerprint density at radius 1 is 0.723 bits per heavy atom. The number of ketones is 1. The molecule has 8 heteroatoms. The van der Waals surface area contributed by atoms with E-state index in [1.54, 1.807) is 24.3 Å². The van der Waals surface area contributed by atoms with Crippen molar-refractivity contribution in [2.45, 2.75) is 6.18 Å². The van der Waals surface area contributed by atoms with Crippen LogP contribution in [0.4, 0.5) is 13.2 Å². The summed E-state index contributed by atoms with van der Waals surface area (Å²) in [4.78, 5) is 14.3. The van der Waals surface area contributed by atoms with Crippen molar-refractivity contribution in [1.29, 1.82) is 0 Å². The average Bonchev–Trinajstić information content (AvgIpc) is 3.08. The van der Waals surface area contributed by atoms with Gasteiger partial charge in [-0.15, -0.1) is 0 Å². The molecule has 2 heterocycles. The zero-order valence-electron chi connectivity index (χ0n) is 24.9. The molecule has 233 valence electrons. The van der Waals surface area contributed by atoms with Crippen LogP contribution in [0.3, 0.4) is 0 Å². The average molecular weight is 766 g/mol. The molecular weight excluding hydrogens is 737 g/mol. The first-order valence-corrected chi connectivity index (χ1v) is 14.4. The van der Waals surface area contributed by atoms with Gasteiger partial charge in [0.05, 0.1) is 23.4 Å².